The van der Waals surface area contributed by atoms with Crippen LogP contribution < -0.4 is 0 Å². The molecule has 0 bridgehead atoms. The smallest absolute Gasteiger partial charge is 0.0228 e. The fraction of sp³-hybridized carbons (Fsp3) is 0.800. The highest BCUT2D eigenvalue weighted by molar-refractivity contribution is 4.99. The van der Waals surface area contributed by atoms with Gasteiger partial charge in [-0.05, 0) is 38.5 Å². The van der Waals surface area contributed by atoms with E-state index in [9.17, 15) is 0 Å². The van der Waals surface area contributed by atoms with Gasteiger partial charge in [-0.15, -0.1) is 0 Å². The molecule has 58 valence electrons. The van der Waals surface area contributed by atoms with Crippen molar-refractivity contribution in [3.8, 4) is 0 Å². The predicted molar refractivity (Wildman–Crippen MR) is 45.9 cm³/mol. The molecule has 0 aromatic rings. The molecule has 1 rings (SSSR count). The maximum Gasteiger partial charge on any atom is -0.0228 e. The Hall–Kier alpha value is -0.260. The first-order chi connectivity index (χ1) is 4.68. The molecule has 0 amide bonds. The van der Waals surface area contributed by atoms with Gasteiger partial charge in [-0.1, -0.05) is 25.0 Å². The summed E-state index contributed by atoms with van der Waals surface area (Å²) in [5, 5.41) is 0. The van der Waals surface area contributed by atoms with Gasteiger partial charge in [0.1, 0.15) is 0 Å². The second-order valence-corrected chi connectivity index (χ2v) is 3.92. The molecule has 0 heteroatoms. The van der Waals surface area contributed by atoms with E-state index in [4.69, 9.17) is 0 Å². The minimum absolute atomic E-state index is 0.903. The Morgan fingerprint density at radius 1 is 1.30 bits per heavy atom. The number of rotatable bonds is 1. The van der Waals surface area contributed by atoms with Crippen LogP contribution in [0.25, 0.3) is 0 Å². The minimum Gasteiger partial charge on any atom is -0.0828 e. The summed E-state index contributed by atoms with van der Waals surface area (Å²) in [7, 11) is 0. The molecule has 2 unspecified atom stereocenters. The second kappa shape index (κ2) is 3.23. The standard InChI is InChI=1S/C10H18/c1-8(2)6-10-5-4-9(3)7-10/h6,9-10H,4-5,7H2,1-3H3. The van der Waals surface area contributed by atoms with Crippen molar-refractivity contribution in [2.24, 2.45) is 11.8 Å². The lowest BCUT2D eigenvalue weighted by Crippen LogP contribution is -1.89. The zero-order chi connectivity index (χ0) is 7.56. The summed E-state index contributed by atoms with van der Waals surface area (Å²) in [6, 6.07) is 0. The Morgan fingerprint density at radius 3 is 2.40 bits per heavy atom. The third-order valence-corrected chi connectivity index (χ3v) is 2.30. The van der Waals surface area contributed by atoms with Gasteiger partial charge in [0, 0.05) is 0 Å². The average molecular weight is 138 g/mol. The first-order valence-corrected chi connectivity index (χ1v) is 4.33. The predicted octanol–water partition coefficient (Wildman–Crippen LogP) is 3.39. The molecule has 1 aliphatic rings. The quantitative estimate of drug-likeness (QED) is 0.487. The second-order valence-electron chi connectivity index (χ2n) is 3.92. The third kappa shape index (κ3) is 2.17. The first-order valence-electron chi connectivity index (χ1n) is 4.33. The Balaban J connectivity index is 2.38. The lowest BCUT2D eigenvalue weighted by molar-refractivity contribution is 0.585. The monoisotopic (exact) mass is 138 g/mol. The topological polar surface area (TPSA) is 0 Å². The van der Waals surface area contributed by atoms with E-state index in [0.717, 1.165) is 11.8 Å². The van der Waals surface area contributed by atoms with Crippen LogP contribution in [0.4, 0.5) is 0 Å². The molecule has 10 heavy (non-hydrogen) atoms. The van der Waals surface area contributed by atoms with Crippen molar-refractivity contribution in [3.05, 3.63) is 11.6 Å². The van der Waals surface area contributed by atoms with Crippen LogP contribution in [0, 0.1) is 11.8 Å². The van der Waals surface area contributed by atoms with Gasteiger partial charge < -0.3 is 0 Å². The van der Waals surface area contributed by atoms with E-state index in [-0.39, 0.29) is 0 Å². The number of hydrogen-bond acceptors (Lipinski definition) is 0. The zero-order valence-corrected chi connectivity index (χ0v) is 7.35. The molecule has 0 spiro atoms. The van der Waals surface area contributed by atoms with Gasteiger partial charge in [0.25, 0.3) is 0 Å². The molecule has 1 fully saturated rings. The number of hydrogen-bond donors (Lipinski definition) is 0. The fourth-order valence-corrected chi connectivity index (χ4v) is 1.87. The average Bonchev–Trinajstić information content (AvgIpc) is 2.13. The van der Waals surface area contributed by atoms with Gasteiger partial charge >= 0.3 is 0 Å². The lowest BCUT2D eigenvalue weighted by Gasteiger charge is -2.02. The van der Waals surface area contributed by atoms with Crippen LogP contribution in [0.1, 0.15) is 40.0 Å². The van der Waals surface area contributed by atoms with Crippen molar-refractivity contribution >= 4 is 0 Å². The lowest BCUT2D eigenvalue weighted by atomic mass is 10.0. The molecule has 1 aliphatic carbocycles. The Bertz CT molecular complexity index is 129. The van der Waals surface area contributed by atoms with Crippen LogP contribution in [-0.2, 0) is 0 Å². The third-order valence-electron chi connectivity index (χ3n) is 2.30. The minimum atomic E-state index is 0.903. The van der Waals surface area contributed by atoms with Crippen LogP contribution in [0.3, 0.4) is 0 Å². The van der Waals surface area contributed by atoms with Gasteiger partial charge in [0.05, 0.1) is 0 Å². The molecule has 0 aromatic heterocycles. The van der Waals surface area contributed by atoms with Crippen LogP contribution >= 0.6 is 0 Å². The first kappa shape index (κ1) is 7.84. The summed E-state index contributed by atoms with van der Waals surface area (Å²) < 4.78 is 0. The molecule has 1 saturated carbocycles. The summed E-state index contributed by atoms with van der Waals surface area (Å²) in [5.74, 6) is 1.88. The molecule has 0 saturated heterocycles. The summed E-state index contributed by atoms with van der Waals surface area (Å²) >= 11 is 0. The van der Waals surface area contributed by atoms with Crippen molar-refractivity contribution in [3.63, 3.8) is 0 Å². The number of allylic oxidation sites excluding steroid dienone is 2. The summed E-state index contributed by atoms with van der Waals surface area (Å²) in [4.78, 5) is 0. The van der Waals surface area contributed by atoms with Crippen molar-refractivity contribution in [1.82, 2.24) is 0 Å². The summed E-state index contributed by atoms with van der Waals surface area (Å²) in [6.45, 7) is 6.75. The maximum atomic E-state index is 2.43. The van der Waals surface area contributed by atoms with E-state index in [1.165, 1.54) is 24.8 Å². The molecule has 2 atom stereocenters. The Kier molecular flexibility index (Phi) is 2.53. The van der Waals surface area contributed by atoms with Crippen molar-refractivity contribution in [2.75, 3.05) is 0 Å². The fourth-order valence-electron chi connectivity index (χ4n) is 1.87. The van der Waals surface area contributed by atoms with E-state index in [1.54, 1.807) is 0 Å². The Labute approximate surface area is 64.3 Å². The van der Waals surface area contributed by atoms with E-state index >= 15 is 0 Å². The van der Waals surface area contributed by atoms with E-state index in [1.807, 2.05) is 0 Å². The van der Waals surface area contributed by atoms with Crippen LogP contribution in [-0.4, -0.2) is 0 Å². The highest BCUT2D eigenvalue weighted by Gasteiger charge is 2.18. The molecule has 0 nitrogen and oxygen atoms in total. The highest BCUT2D eigenvalue weighted by atomic mass is 14.2. The van der Waals surface area contributed by atoms with E-state index in [0.29, 0.717) is 0 Å². The molecule has 0 N–H and O–H groups in total. The molecular formula is C10H18. The summed E-state index contributed by atoms with van der Waals surface area (Å²) in [6.07, 6.45) is 6.72. The van der Waals surface area contributed by atoms with Crippen LogP contribution in [0.2, 0.25) is 0 Å². The van der Waals surface area contributed by atoms with Gasteiger partial charge in [-0.2, -0.15) is 0 Å². The van der Waals surface area contributed by atoms with Gasteiger partial charge in [0.15, 0.2) is 0 Å². The normalized spacial score (nSPS) is 32.3. The molecule has 0 heterocycles. The SMILES string of the molecule is CC(C)=CC1CCC(C)C1. The van der Waals surface area contributed by atoms with Gasteiger partial charge in [-0.3, -0.25) is 0 Å². The van der Waals surface area contributed by atoms with E-state index < -0.39 is 0 Å². The van der Waals surface area contributed by atoms with Gasteiger partial charge in [0.2, 0.25) is 0 Å². The maximum absolute atomic E-state index is 2.43. The molecule has 0 aliphatic heterocycles. The van der Waals surface area contributed by atoms with E-state index in [2.05, 4.69) is 26.8 Å². The molecular weight excluding hydrogens is 120 g/mol. The Morgan fingerprint density at radius 2 is 2.00 bits per heavy atom. The highest BCUT2D eigenvalue weighted by Crippen LogP contribution is 2.31. The van der Waals surface area contributed by atoms with Crippen molar-refractivity contribution in [1.29, 1.82) is 0 Å². The van der Waals surface area contributed by atoms with Crippen LogP contribution in [0.15, 0.2) is 11.6 Å². The molecule has 0 aromatic carbocycles. The van der Waals surface area contributed by atoms with Crippen molar-refractivity contribution < 1.29 is 0 Å². The van der Waals surface area contributed by atoms with Crippen LogP contribution in [0.5, 0.6) is 0 Å². The zero-order valence-electron chi connectivity index (χ0n) is 7.35. The molecule has 0 radical (unpaired) electrons. The summed E-state index contributed by atoms with van der Waals surface area (Å²) in [5.41, 5.74) is 1.49. The van der Waals surface area contributed by atoms with Gasteiger partial charge in [-0.25, -0.2) is 0 Å². The van der Waals surface area contributed by atoms with Crippen molar-refractivity contribution in [2.45, 2.75) is 40.0 Å². The largest absolute Gasteiger partial charge is 0.0828 e.